The van der Waals surface area contributed by atoms with Crippen LogP contribution in [0.5, 0.6) is 0 Å². The first kappa shape index (κ1) is 21.7. The fraction of sp³-hybridized carbons (Fsp3) is 0.276. The number of Topliss-reactive ketones (excluding diaryl/α,β-unsaturated/α-hetero) is 1. The second-order valence-electron chi connectivity index (χ2n) is 9.56. The standard InChI is InChI=1S/C29H27N4O2/c1-19(21-8-9-25-22(15-21)5-4-12-31-25)29(35)32-13-10-20(11-14-32)28(34)16-26-23-6-2-3-7-24(23)27-17-30-18-33(26)27/h2-9,12,15,17-18,20,26H,10-11,13-14,16H2,1H3. The van der Waals surface area contributed by atoms with Crippen molar-refractivity contribution >= 4 is 22.6 Å². The lowest BCUT2D eigenvalue weighted by atomic mass is 9.87. The molecule has 35 heavy (non-hydrogen) atoms. The Morgan fingerprint density at radius 3 is 2.71 bits per heavy atom. The van der Waals surface area contributed by atoms with Crippen molar-refractivity contribution in [3.63, 3.8) is 0 Å². The van der Waals surface area contributed by atoms with Gasteiger partial charge in [-0.05, 0) is 49.1 Å². The summed E-state index contributed by atoms with van der Waals surface area (Å²) >= 11 is 0. The van der Waals surface area contributed by atoms with Gasteiger partial charge in [0.25, 0.3) is 0 Å². The Balaban J connectivity index is 1.10. The average Bonchev–Trinajstić information content (AvgIpc) is 3.50. The molecule has 2 aliphatic rings. The zero-order valence-corrected chi connectivity index (χ0v) is 19.7. The molecular formula is C29H27N4O2. The van der Waals surface area contributed by atoms with Crippen LogP contribution in [0.1, 0.15) is 43.4 Å². The molecule has 2 aromatic carbocycles. The minimum Gasteiger partial charge on any atom is -0.342 e. The van der Waals surface area contributed by atoms with Crippen molar-refractivity contribution in [2.75, 3.05) is 13.1 Å². The van der Waals surface area contributed by atoms with Crippen LogP contribution in [-0.4, -0.2) is 44.2 Å². The summed E-state index contributed by atoms with van der Waals surface area (Å²) in [5, 5.41) is 1.02. The largest absolute Gasteiger partial charge is 0.342 e. The van der Waals surface area contributed by atoms with Crippen LogP contribution in [0.15, 0.2) is 73.3 Å². The molecule has 0 N–H and O–H groups in total. The molecule has 1 saturated heterocycles. The Labute approximate surface area is 204 Å². The van der Waals surface area contributed by atoms with Gasteiger partial charge >= 0.3 is 0 Å². The smallest absolute Gasteiger partial charge is 0.234 e. The third-order valence-electron chi connectivity index (χ3n) is 7.59. The van der Waals surface area contributed by atoms with Crippen LogP contribution in [0.3, 0.4) is 0 Å². The first-order valence-corrected chi connectivity index (χ1v) is 12.2. The molecular weight excluding hydrogens is 436 g/mol. The van der Waals surface area contributed by atoms with E-state index in [1.807, 2.05) is 66.8 Å². The Hall–Kier alpha value is -3.80. The second kappa shape index (κ2) is 8.77. The van der Waals surface area contributed by atoms with Gasteiger partial charge in [-0.25, -0.2) is 4.98 Å². The van der Waals surface area contributed by atoms with E-state index < -0.39 is 0 Å². The molecule has 0 aliphatic carbocycles. The normalized spacial score (nSPS) is 17.5. The number of pyridine rings is 1. The molecule has 1 amide bonds. The van der Waals surface area contributed by atoms with E-state index in [0.29, 0.717) is 32.4 Å². The molecule has 0 spiro atoms. The Morgan fingerprint density at radius 2 is 1.86 bits per heavy atom. The van der Waals surface area contributed by atoms with Gasteiger partial charge in [-0.1, -0.05) is 36.4 Å². The highest BCUT2D eigenvalue weighted by Gasteiger charge is 2.34. The number of carbonyl (C=O) groups excluding carboxylic acids is 2. The lowest BCUT2D eigenvalue weighted by Crippen LogP contribution is -2.42. The number of piperidine rings is 1. The summed E-state index contributed by atoms with van der Waals surface area (Å²) < 4.78 is 2.12. The lowest BCUT2D eigenvalue weighted by Gasteiger charge is -2.33. The molecule has 2 aliphatic heterocycles. The number of likely N-dealkylation sites (tertiary alicyclic amines) is 1. The predicted octanol–water partition coefficient (Wildman–Crippen LogP) is 4.84. The number of benzene rings is 2. The number of ketones is 1. The summed E-state index contributed by atoms with van der Waals surface area (Å²) in [6, 6.07) is 18.1. The molecule has 6 rings (SSSR count). The number of carbonyl (C=O) groups is 2. The quantitative estimate of drug-likeness (QED) is 0.425. The number of aromatic nitrogens is 3. The number of rotatable bonds is 5. The van der Waals surface area contributed by atoms with Crippen molar-refractivity contribution in [1.82, 2.24) is 19.4 Å². The monoisotopic (exact) mass is 463 g/mol. The van der Waals surface area contributed by atoms with Crippen molar-refractivity contribution in [2.24, 2.45) is 5.92 Å². The highest BCUT2D eigenvalue weighted by Crippen LogP contribution is 2.41. The fourth-order valence-electron chi connectivity index (χ4n) is 5.57. The maximum Gasteiger partial charge on any atom is 0.234 e. The van der Waals surface area contributed by atoms with Crippen LogP contribution in [0.4, 0.5) is 0 Å². The molecule has 4 aromatic rings. The molecule has 6 nitrogen and oxygen atoms in total. The molecule has 2 aromatic heterocycles. The summed E-state index contributed by atoms with van der Waals surface area (Å²) in [6.45, 7) is 3.11. The number of imidazole rings is 1. The highest BCUT2D eigenvalue weighted by molar-refractivity contribution is 5.95. The van der Waals surface area contributed by atoms with Gasteiger partial charge in [-0.2, -0.15) is 0 Å². The zero-order valence-electron chi connectivity index (χ0n) is 19.7. The maximum absolute atomic E-state index is 13.3. The Bertz CT molecular complexity index is 1420. The molecule has 0 bridgehead atoms. The number of amides is 1. The first-order chi connectivity index (χ1) is 17.1. The van der Waals surface area contributed by atoms with Crippen LogP contribution < -0.4 is 0 Å². The van der Waals surface area contributed by atoms with Gasteiger partial charge in [0, 0.05) is 42.6 Å². The molecule has 4 heterocycles. The van der Waals surface area contributed by atoms with Crippen LogP contribution in [0.25, 0.3) is 22.2 Å². The zero-order chi connectivity index (χ0) is 23.9. The molecule has 175 valence electrons. The average molecular weight is 464 g/mol. The van der Waals surface area contributed by atoms with E-state index in [1.165, 1.54) is 11.1 Å². The first-order valence-electron chi connectivity index (χ1n) is 12.2. The van der Waals surface area contributed by atoms with E-state index in [2.05, 4.69) is 26.7 Å². The van der Waals surface area contributed by atoms with Crippen molar-refractivity contribution in [1.29, 1.82) is 0 Å². The molecule has 1 radical (unpaired) electrons. The summed E-state index contributed by atoms with van der Waals surface area (Å²) in [7, 11) is 0. The Morgan fingerprint density at radius 1 is 1.03 bits per heavy atom. The SMILES string of the molecule is C[C](C(=O)N1CCC(C(=O)CC2c3ccccc3-c3cncn32)CC1)c1ccc2ncccc2c1. The second-order valence-corrected chi connectivity index (χ2v) is 9.56. The summed E-state index contributed by atoms with van der Waals surface area (Å²) in [4.78, 5) is 37.1. The third-order valence-corrected chi connectivity index (χ3v) is 7.59. The number of fused-ring (bicyclic) bond motifs is 4. The van der Waals surface area contributed by atoms with Crippen molar-refractivity contribution in [3.05, 3.63) is 90.4 Å². The van der Waals surface area contributed by atoms with E-state index in [1.54, 1.807) is 6.20 Å². The number of hydrogen-bond donors (Lipinski definition) is 0. The predicted molar refractivity (Wildman–Crippen MR) is 134 cm³/mol. The minimum atomic E-state index is -0.00849. The maximum atomic E-state index is 13.3. The summed E-state index contributed by atoms with van der Waals surface area (Å²) in [5.74, 6) is 1.05. The van der Waals surface area contributed by atoms with Crippen LogP contribution in [0, 0.1) is 11.8 Å². The molecule has 0 saturated carbocycles. The van der Waals surface area contributed by atoms with Gasteiger partial charge in [-0.3, -0.25) is 14.6 Å². The summed E-state index contributed by atoms with van der Waals surface area (Å²) in [6.07, 6.45) is 7.37. The van der Waals surface area contributed by atoms with Gasteiger partial charge in [0.05, 0.1) is 35.7 Å². The molecule has 1 fully saturated rings. The van der Waals surface area contributed by atoms with Crippen LogP contribution in [0.2, 0.25) is 0 Å². The summed E-state index contributed by atoms with van der Waals surface area (Å²) in [5.41, 5.74) is 5.28. The molecule has 1 unspecified atom stereocenters. The molecule has 6 heteroatoms. The van der Waals surface area contributed by atoms with E-state index in [9.17, 15) is 9.59 Å². The van der Waals surface area contributed by atoms with Gasteiger partial charge in [0.15, 0.2) is 0 Å². The van der Waals surface area contributed by atoms with Crippen LogP contribution >= 0.6 is 0 Å². The third kappa shape index (κ3) is 3.83. The fourth-order valence-corrected chi connectivity index (χ4v) is 5.57. The van der Waals surface area contributed by atoms with Crippen LogP contribution in [-0.2, 0) is 9.59 Å². The highest BCUT2D eigenvalue weighted by atomic mass is 16.2. The van der Waals surface area contributed by atoms with E-state index >= 15 is 0 Å². The van der Waals surface area contributed by atoms with Gasteiger partial charge in [-0.15, -0.1) is 0 Å². The number of nitrogens with zero attached hydrogens (tertiary/aromatic N) is 4. The van der Waals surface area contributed by atoms with Crippen molar-refractivity contribution < 1.29 is 9.59 Å². The van der Waals surface area contributed by atoms with Gasteiger partial charge < -0.3 is 9.47 Å². The van der Waals surface area contributed by atoms with E-state index in [0.717, 1.165) is 28.1 Å². The lowest BCUT2D eigenvalue weighted by molar-refractivity contribution is -0.133. The van der Waals surface area contributed by atoms with E-state index in [4.69, 9.17) is 0 Å². The van der Waals surface area contributed by atoms with E-state index in [-0.39, 0.29) is 23.7 Å². The van der Waals surface area contributed by atoms with Crippen molar-refractivity contribution in [2.45, 2.75) is 32.2 Å². The minimum absolute atomic E-state index is 0.00818. The van der Waals surface area contributed by atoms with Gasteiger partial charge in [0.1, 0.15) is 5.78 Å². The number of hydrogen-bond acceptors (Lipinski definition) is 4. The molecule has 1 atom stereocenters. The van der Waals surface area contributed by atoms with Gasteiger partial charge in [0.2, 0.25) is 5.91 Å². The Kier molecular flexibility index (Phi) is 5.44. The topological polar surface area (TPSA) is 68.1 Å². The van der Waals surface area contributed by atoms with Crippen molar-refractivity contribution in [3.8, 4) is 11.3 Å².